The van der Waals surface area contributed by atoms with Crippen molar-refractivity contribution in [3.63, 3.8) is 0 Å². The fraction of sp³-hybridized carbons (Fsp3) is 0.158. The normalized spacial score (nSPS) is 15.2. The Morgan fingerprint density at radius 3 is 2.54 bits per heavy atom. The molecular weight excluding hydrogens is 390 g/mol. The molecule has 1 heterocycles. The number of benzene rings is 2. The van der Waals surface area contributed by atoms with Gasteiger partial charge in [0.05, 0.1) is 4.91 Å². The number of carbonyl (C=O) groups is 1. The molecule has 7 heteroatoms. The molecule has 1 N–H and O–H groups in total. The Morgan fingerprint density at radius 2 is 1.88 bits per heavy atom. The highest BCUT2D eigenvalue weighted by molar-refractivity contribution is 8.26. The fourth-order valence-corrected chi connectivity index (χ4v) is 3.45. The van der Waals surface area contributed by atoms with E-state index < -0.39 is 0 Å². The zero-order valence-electron chi connectivity index (χ0n) is 14.0. The smallest absolute Gasteiger partial charge is 0.263 e. The Morgan fingerprint density at radius 1 is 1.15 bits per heavy atom. The summed E-state index contributed by atoms with van der Waals surface area (Å²) < 4.78 is 11.9. The maximum Gasteiger partial charge on any atom is 0.263 e. The van der Waals surface area contributed by atoms with E-state index in [1.165, 1.54) is 11.8 Å². The minimum atomic E-state index is -0.169. The number of rotatable bonds is 6. The Balaban J connectivity index is 1.54. The zero-order valence-corrected chi connectivity index (χ0v) is 16.3. The van der Waals surface area contributed by atoms with Crippen LogP contribution in [-0.2, 0) is 4.79 Å². The van der Waals surface area contributed by atoms with Gasteiger partial charge in [0, 0.05) is 5.02 Å². The number of ether oxygens (including phenoxy) is 2. The molecule has 0 radical (unpaired) electrons. The van der Waals surface area contributed by atoms with Crippen molar-refractivity contribution in [3.8, 4) is 11.5 Å². The van der Waals surface area contributed by atoms with Crippen molar-refractivity contribution in [2.45, 2.75) is 6.92 Å². The summed E-state index contributed by atoms with van der Waals surface area (Å²) in [6.07, 6.45) is 1.79. The van der Waals surface area contributed by atoms with Gasteiger partial charge in [-0.1, -0.05) is 47.7 Å². The van der Waals surface area contributed by atoms with Gasteiger partial charge in [-0.15, -0.1) is 0 Å². The molecule has 26 heavy (non-hydrogen) atoms. The second-order valence-electron chi connectivity index (χ2n) is 5.53. The van der Waals surface area contributed by atoms with Crippen LogP contribution < -0.4 is 14.8 Å². The molecule has 1 aliphatic heterocycles. The van der Waals surface area contributed by atoms with Gasteiger partial charge in [0.15, 0.2) is 0 Å². The van der Waals surface area contributed by atoms with Gasteiger partial charge in [0.2, 0.25) is 0 Å². The monoisotopic (exact) mass is 405 g/mol. The summed E-state index contributed by atoms with van der Waals surface area (Å²) in [4.78, 5) is 12.3. The van der Waals surface area contributed by atoms with Crippen LogP contribution in [0.2, 0.25) is 5.02 Å². The largest absolute Gasteiger partial charge is 0.490 e. The lowest BCUT2D eigenvalue weighted by Gasteiger charge is -2.10. The van der Waals surface area contributed by atoms with Gasteiger partial charge in [-0.05, 0) is 54.5 Å². The average Bonchev–Trinajstić information content (AvgIpc) is 2.92. The summed E-state index contributed by atoms with van der Waals surface area (Å²) in [5.41, 5.74) is 1.85. The number of hydrogen-bond acceptors (Lipinski definition) is 5. The maximum atomic E-state index is 11.7. The standard InChI is InChI=1S/C19H16ClNO3S2/c1-12-9-15(5-6-16(12)20)24-8-7-23-14-4-2-3-13(10-14)11-17-18(22)21-19(25)26-17/h2-6,9-11H,7-8H2,1H3,(H,21,22,25). The lowest BCUT2D eigenvalue weighted by atomic mass is 10.2. The summed E-state index contributed by atoms with van der Waals surface area (Å²) in [7, 11) is 0. The zero-order chi connectivity index (χ0) is 18.5. The molecule has 134 valence electrons. The molecule has 0 aliphatic carbocycles. The van der Waals surface area contributed by atoms with E-state index in [2.05, 4.69) is 5.32 Å². The second-order valence-corrected chi connectivity index (χ2v) is 7.66. The van der Waals surface area contributed by atoms with Crippen molar-refractivity contribution in [2.75, 3.05) is 13.2 Å². The van der Waals surface area contributed by atoms with Gasteiger partial charge in [0.1, 0.15) is 29.0 Å². The van der Waals surface area contributed by atoms with Crippen molar-refractivity contribution in [1.29, 1.82) is 0 Å². The topological polar surface area (TPSA) is 47.6 Å². The van der Waals surface area contributed by atoms with Crippen LogP contribution in [0.25, 0.3) is 6.08 Å². The van der Waals surface area contributed by atoms with E-state index in [-0.39, 0.29) is 5.91 Å². The molecule has 0 unspecified atom stereocenters. The van der Waals surface area contributed by atoms with Crippen LogP contribution >= 0.6 is 35.6 Å². The van der Waals surface area contributed by atoms with Crippen LogP contribution in [0.4, 0.5) is 0 Å². The van der Waals surface area contributed by atoms with Gasteiger partial charge < -0.3 is 14.8 Å². The number of nitrogens with one attached hydrogen (secondary N) is 1. The van der Waals surface area contributed by atoms with Crippen LogP contribution in [0.15, 0.2) is 47.4 Å². The maximum absolute atomic E-state index is 11.7. The molecule has 2 aromatic carbocycles. The van der Waals surface area contributed by atoms with Gasteiger partial charge in [-0.25, -0.2) is 0 Å². The van der Waals surface area contributed by atoms with E-state index in [0.717, 1.165) is 21.9 Å². The first kappa shape index (κ1) is 18.8. The number of amides is 1. The van der Waals surface area contributed by atoms with Crippen molar-refractivity contribution in [3.05, 3.63) is 63.5 Å². The number of carbonyl (C=O) groups excluding carboxylic acids is 1. The molecule has 1 amide bonds. The van der Waals surface area contributed by atoms with Crippen molar-refractivity contribution in [1.82, 2.24) is 5.32 Å². The molecule has 2 aromatic rings. The number of thiocarbonyl (C=S) groups is 1. The summed E-state index contributed by atoms with van der Waals surface area (Å²) in [5.74, 6) is 1.30. The van der Waals surface area contributed by atoms with Crippen LogP contribution in [0.3, 0.4) is 0 Å². The number of halogens is 1. The Hall–Kier alpha value is -2.02. The van der Waals surface area contributed by atoms with Gasteiger partial charge in [-0.3, -0.25) is 4.79 Å². The average molecular weight is 406 g/mol. The summed E-state index contributed by atoms with van der Waals surface area (Å²) in [6.45, 7) is 2.75. The summed E-state index contributed by atoms with van der Waals surface area (Å²) in [6, 6.07) is 13.0. The van der Waals surface area contributed by atoms with E-state index in [0.29, 0.717) is 28.2 Å². The molecular formula is C19H16ClNO3S2. The molecule has 4 nitrogen and oxygen atoms in total. The van der Waals surface area contributed by atoms with E-state index in [1.807, 2.05) is 49.4 Å². The number of aryl methyl sites for hydroxylation is 1. The highest BCUT2D eigenvalue weighted by Crippen LogP contribution is 2.27. The lowest BCUT2D eigenvalue weighted by molar-refractivity contribution is -0.115. The predicted molar refractivity (Wildman–Crippen MR) is 110 cm³/mol. The van der Waals surface area contributed by atoms with E-state index in [9.17, 15) is 4.79 Å². The minimum absolute atomic E-state index is 0.169. The minimum Gasteiger partial charge on any atom is -0.490 e. The molecule has 1 saturated heterocycles. The van der Waals surface area contributed by atoms with Crippen molar-refractivity contribution >= 4 is 51.9 Å². The van der Waals surface area contributed by atoms with Crippen LogP contribution in [0.5, 0.6) is 11.5 Å². The molecule has 0 atom stereocenters. The van der Waals surface area contributed by atoms with Gasteiger partial charge in [-0.2, -0.15) is 0 Å². The highest BCUT2D eigenvalue weighted by Gasteiger charge is 2.21. The lowest BCUT2D eigenvalue weighted by Crippen LogP contribution is -2.17. The first-order valence-electron chi connectivity index (χ1n) is 7.88. The van der Waals surface area contributed by atoms with E-state index >= 15 is 0 Å². The second kappa shape index (κ2) is 8.58. The van der Waals surface area contributed by atoms with Gasteiger partial charge >= 0.3 is 0 Å². The summed E-state index contributed by atoms with van der Waals surface area (Å²) in [5, 5.41) is 3.31. The van der Waals surface area contributed by atoms with Crippen molar-refractivity contribution in [2.24, 2.45) is 0 Å². The van der Waals surface area contributed by atoms with Gasteiger partial charge in [0.25, 0.3) is 5.91 Å². The Labute approximate surface area is 166 Å². The molecule has 1 fully saturated rings. The van der Waals surface area contributed by atoms with Crippen LogP contribution in [-0.4, -0.2) is 23.4 Å². The van der Waals surface area contributed by atoms with Crippen molar-refractivity contribution < 1.29 is 14.3 Å². The van der Waals surface area contributed by atoms with Crippen LogP contribution in [0.1, 0.15) is 11.1 Å². The third-order valence-corrected chi connectivity index (χ3v) is 5.13. The molecule has 3 rings (SSSR count). The molecule has 1 aliphatic rings. The van der Waals surface area contributed by atoms with E-state index in [1.54, 1.807) is 6.08 Å². The SMILES string of the molecule is Cc1cc(OCCOc2cccc(C=C3SC(=S)NC3=O)c2)ccc1Cl. The molecule has 0 aromatic heterocycles. The Bertz CT molecular complexity index is 883. The number of thioether (sulfide) groups is 1. The summed E-state index contributed by atoms with van der Waals surface area (Å²) >= 11 is 12.2. The third-order valence-electron chi connectivity index (χ3n) is 3.55. The molecule has 0 bridgehead atoms. The first-order valence-corrected chi connectivity index (χ1v) is 9.48. The van der Waals surface area contributed by atoms with E-state index in [4.69, 9.17) is 33.3 Å². The molecule has 0 saturated carbocycles. The predicted octanol–water partition coefficient (Wildman–Crippen LogP) is 4.60. The quantitative estimate of drug-likeness (QED) is 0.432. The third kappa shape index (κ3) is 5.00. The fourth-order valence-electron chi connectivity index (χ4n) is 2.29. The molecule has 0 spiro atoms. The highest BCUT2D eigenvalue weighted by atomic mass is 35.5. The number of hydrogen-bond donors (Lipinski definition) is 1. The Kier molecular flexibility index (Phi) is 6.19. The first-order chi connectivity index (χ1) is 12.5. The van der Waals surface area contributed by atoms with Crippen LogP contribution in [0, 0.1) is 6.92 Å².